The lowest BCUT2D eigenvalue weighted by molar-refractivity contribution is -0.132. The summed E-state index contributed by atoms with van der Waals surface area (Å²) in [7, 11) is 0. The average molecular weight is 328 g/mol. The first kappa shape index (κ1) is 15.4. The van der Waals surface area contributed by atoms with Crippen LogP contribution in [0.2, 0.25) is 0 Å². The SMILES string of the molecule is O=C(CCc1ccco1)N1CCC[C@@H]1c1nnc2n1CCCCC2. The van der Waals surface area contributed by atoms with Gasteiger partial charge in [0.2, 0.25) is 5.91 Å². The minimum Gasteiger partial charge on any atom is -0.469 e. The maximum Gasteiger partial charge on any atom is 0.223 e. The highest BCUT2D eigenvalue weighted by molar-refractivity contribution is 5.77. The molecule has 0 unspecified atom stereocenters. The summed E-state index contributed by atoms with van der Waals surface area (Å²) in [5, 5.41) is 8.87. The van der Waals surface area contributed by atoms with Crippen molar-refractivity contribution >= 4 is 5.91 Å². The van der Waals surface area contributed by atoms with Crippen LogP contribution in [0.15, 0.2) is 22.8 Å². The minimum atomic E-state index is 0.0912. The molecule has 1 atom stereocenters. The van der Waals surface area contributed by atoms with Gasteiger partial charge in [0.05, 0.1) is 12.3 Å². The number of carbonyl (C=O) groups is 1. The van der Waals surface area contributed by atoms with Gasteiger partial charge in [-0.2, -0.15) is 0 Å². The molecule has 2 aliphatic heterocycles. The highest BCUT2D eigenvalue weighted by Crippen LogP contribution is 2.33. The maximum atomic E-state index is 12.7. The Balaban J connectivity index is 1.48. The number of nitrogens with zero attached hydrogens (tertiary/aromatic N) is 4. The first-order valence-corrected chi connectivity index (χ1v) is 9.07. The Bertz CT molecular complexity index is 692. The third-order valence-corrected chi connectivity index (χ3v) is 5.17. The quantitative estimate of drug-likeness (QED) is 0.865. The molecule has 24 heavy (non-hydrogen) atoms. The van der Waals surface area contributed by atoms with Crippen molar-refractivity contribution in [2.75, 3.05) is 6.54 Å². The van der Waals surface area contributed by atoms with E-state index in [4.69, 9.17) is 4.42 Å². The Morgan fingerprint density at radius 2 is 2.17 bits per heavy atom. The molecule has 6 nitrogen and oxygen atoms in total. The van der Waals surface area contributed by atoms with Crippen LogP contribution in [0.3, 0.4) is 0 Å². The Morgan fingerprint density at radius 3 is 3.04 bits per heavy atom. The molecule has 0 bridgehead atoms. The van der Waals surface area contributed by atoms with Crippen LogP contribution < -0.4 is 0 Å². The van der Waals surface area contributed by atoms with Crippen molar-refractivity contribution in [1.29, 1.82) is 0 Å². The van der Waals surface area contributed by atoms with Crippen molar-refractivity contribution in [1.82, 2.24) is 19.7 Å². The van der Waals surface area contributed by atoms with E-state index in [2.05, 4.69) is 14.8 Å². The molecular formula is C18H24N4O2. The van der Waals surface area contributed by atoms with Crippen molar-refractivity contribution in [3.05, 3.63) is 35.8 Å². The number of aryl methyl sites for hydroxylation is 2. The summed E-state index contributed by atoms with van der Waals surface area (Å²) in [4.78, 5) is 14.7. The zero-order chi connectivity index (χ0) is 16.4. The first-order valence-electron chi connectivity index (χ1n) is 9.07. The van der Waals surface area contributed by atoms with Crippen LogP contribution in [0, 0.1) is 0 Å². The summed E-state index contributed by atoms with van der Waals surface area (Å²) in [5.74, 6) is 3.16. The summed E-state index contributed by atoms with van der Waals surface area (Å²) >= 11 is 0. The standard InChI is InChI=1S/C18H24N4O2/c23-17(10-9-14-6-5-13-24-14)21-12-4-7-15(21)18-20-19-16-8-2-1-3-11-22(16)18/h5-6,13,15H,1-4,7-12H2/t15-/m1/s1. The number of hydrogen-bond acceptors (Lipinski definition) is 4. The van der Waals surface area contributed by atoms with Crippen LogP contribution in [0.5, 0.6) is 0 Å². The molecular weight excluding hydrogens is 304 g/mol. The van der Waals surface area contributed by atoms with Gasteiger partial charge in [-0.3, -0.25) is 4.79 Å². The van der Waals surface area contributed by atoms with Gasteiger partial charge in [-0.05, 0) is 37.8 Å². The van der Waals surface area contributed by atoms with Crippen molar-refractivity contribution in [2.45, 2.75) is 64.0 Å². The molecule has 0 N–H and O–H groups in total. The minimum absolute atomic E-state index is 0.0912. The number of likely N-dealkylation sites (tertiary alicyclic amines) is 1. The molecule has 2 aromatic rings. The van der Waals surface area contributed by atoms with Crippen LogP contribution in [0.25, 0.3) is 0 Å². The normalized spacial score (nSPS) is 20.8. The number of carbonyl (C=O) groups excluding carboxylic acids is 1. The van der Waals surface area contributed by atoms with Crippen molar-refractivity contribution in [3.63, 3.8) is 0 Å². The second-order valence-corrected chi connectivity index (χ2v) is 6.76. The van der Waals surface area contributed by atoms with E-state index in [0.717, 1.165) is 49.8 Å². The first-order chi connectivity index (χ1) is 11.8. The lowest BCUT2D eigenvalue weighted by atomic mass is 10.1. The second-order valence-electron chi connectivity index (χ2n) is 6.76. The third kappa shape index (κ3) is 2.97. The van der Waals surface area contributed by atoms with E-state index in [9.17, 15) is 4.79 Å². The van der Waals surface area contributed by atoms with Crippen molar-refractivity contribution < 1.29 is 9.21 Å². The highest BCUT2D eigenvalue weighted by atomic mass is 16.3. The molecule has 1 fully saturated rings. The van der Waals surface area contributed by atoms with Gasteiger partial charge in [0.1, 0.15) is 11.6 Å². The molecule has 2 aromatic heterocycles. The Labute approximate surface area is 141 Å². The van der Waals surface area contributed by atoms with Gasteiger partial charge in [0.25, 0.3) is 0 Å². The van der Waals surface area contributed by atoms with Crippen LogP contribution in [-0.2, 0) is 24.2 Å². The molecule has 0 radical (unpaired) electrons. The summed E-state index contributed by atoms with van der Waals surface area (Å²) in [6.45, 7) is 1.81. The fraction of sp³-hybridized carbons (Fsp3) is 0.611. The lowest BCUT2D eigenvalue weighted by Gasteiger charge is -2.24. The topological polar surface area (TPSA) is 64.2 Å². The third-order valence-electron chi connectivity index (χ3n) is 5.17. The lowest BCUT2D eigenvalue weighted by Crippen LogP contribution is -2.32. The second kappa shape index (κ2) is 6.79. The van der Waals surface area contributed by atoms with Gasteiger partial charge >= 0.3 is 0 Å². The number of furan rings is 1. The van der Waals surface area contributed by atoms with Crippen LogP contribution >= 0.6 is 0 Å². The van der Waals surface area contributed by atoms with E-state index < -0.39 is 0 Å². The zero-order valence-corrected chi connectivity index (χ0v) is 14.0. The largest absolute Gasteiger partial charge is 0.469 e. The van der Waals surface area contributed by atoms with E-state index in [1.807, 2.05) is 17.0 Å². The maximum absolute atomic E-state index is 12.7. The molecule has 0 aliphatic carbocycles. The van der Waals surface area contributed by atoms with E-state index in [0.29, 0.717) is 12.8 Å². The fourth-order valence-electron chi connectivity index (χ4n) is 3.92. The Hall–Kier alpha value is -2.11. The Morgan fingerprint density at radius 1 is 1.21 bits per heavy atom. The number of fused-ring (bicyclic) bond motifs is 1. The molecule has 0 aromatic carbocycles. The van der Waals surface area contributed by atoms with Gasteiger partial charge in [0, 0.05) is 32.4 Å². The van der Waals surface area contributed by atoms with Crippen molar-refractivity contribution in [3.8, 4) is 0 Å². The molecule has 128 valence electrons. The summed E-state index contributed by atoms with van der Waals surface area (Å²) in [5.41, 5.74) is 0. The number of amides is 1. The predicted molar refractivity (Wildman–Crippen MR) is 88.3 cm³/mol. The molecule has 1 saturated heterocycles. The van der Waals surface area contributed by atoms with Crippen molar-refractivity contribution in [2.24, 2.45) is 0 Å². The van der Waals surface area contributed by atoms with Gasteiger partial charge in [-0.15, -0.1) is 10.2 Å². The molecule has 0 saturated carbocycles. The fourth-order valence-corrected chi connectivity index (χ4v) is 3.92. The smallest absolute Gasteiger partial charge is 0.223 e. The Kier molecular flexibility index (Phi) is 4.36. The molecule has 6 heteroatoms. The average Bonchev–Trinajstić information content (AvgIpc) is 3.31. The van der Waals surface area contributed by atoms with Crippen LogP contribution in [0.4, 0.5) is 0 Å². The number of hydrogen-bond donors (Lipinski definition) is 0. The van der Waals surface area contributed by atoms with Crippen LogP contribution in [0.1, 0.15) is 62.0 Å². The number of aromatic nitrogens is 3. The van der Waals surface area contributed by atoms with Gasteiger partial charge in [0.15, 0.2) is 5.82 Å². The van der Waals surface area contributed by atoms with Gasteiger partial charge in [-0.25, -0.2) is 0 Å². The molecule has 2 aliphatic rings. The molecule has 4 heterocycles. The molecule has 4 rings (SSSR count). The van der Waals surface area contributed by atoms with Crippen LogP contribution in [-0.4, -0.2) is 32.1 Å². The molecule has 0 spiro atoms. The van der Waals surface area contributed by atoms with Gasteiger partial charge < -0.3 is 13.9 Å². The highest BCUT2D eigenvalue weighted by Gasteiger charge is 2.34. The van der Waals surface area contributed by atoms with Gasteiger partial charge in [-0.1, -0.05) is 6.42 Å². The van der Waals surface area contributed by atoms with E-state index in [1.165, 1.54) is 19.3 Å². The van der Waals surface area contributed by atoms with E-state index >= 15 is 0 Å². The zero-order valence-electron chi connectivity index (χ0n) is 14.0. The molecule has 1 amide bonds. The summed E-state index contributed by atoms with van der Waals surface area (Å²) in [6, 6.07) is 3.88. The monoisotopic (exact) mass is 328 g/mol. The predicted octanol–water partition coefficient (Wildman–Crippen LogP) is 2.89. The van der Waals surface area contributed by atoms with E-state index in [-0.39, 0.29) is 11.9 Å². The summed E-state index contributed by atoms with van der Waals surface area (Å²) < 4.78 is 7.61. The summed E-state index contributed by atoms with van der Waals surface area (Å²) in [6.07, 6.45) is 9.46. The van der Waals surface area contributed by atoms with E-state index in [1.54, 1.807) is 6.26 Å². The number of rotatable bonds is 4.